The van der Waals surface area contributed by atoms with Gasteiger partial charge in [0.05, 0.1) is 5.69 Å². The maximum Gasteiger partial charge on any atom is 0.0588 e. The Hall–Kier alpha value is -0.770. The zero-order chi connectivity index (χ0) is 10.1. The fourth-order valence-corrected chi connectivity index (χ4v) is 2.31. The number of nitrogens with zero attached hydrogens (tertiary/aromatic N) is 1. The van der Waals surface area contributed by atoms with Crippen LogP contribution in [0.3, 0.4) is 0 Å². The maximum absolute atomic E-state index is 2.37. The highest BCUT2D eigenvalue weighted by molar-refractivity contribution is 14.1. The van der Waals surface area contributed by atoms with E-state index in [1.165, 1.54) is 20.6 Å². The van der Waals surface area contributed by atoms with Crippen LogP contribution in [0.15, 0.2) is 36.4 Å². The lowest BCUT2D eigenvalue weighted by atomic mass is 10.3. The lowest BCUT2D eigenvalue weighted by molar-refractivity contribution is 0.960. The van der Waals surface area contributed by atoms with Crippen LogP contribution in [0.25, 0.3) is 5.69 Å². The molecule has 2 aromatic rings. The standard InChI is InChI=1S/C12H12IN/c1-9-7-8-10(2)14(9)12-6-4-3-5-11(12)13/h3-8H,1-2H3. The van der Waals surface area contributed by atoms with Gasteiger partial charge in [0.15, 0.2) is 0 Å². The summed E-state index contributed by atoms with van der Waals surface area (Å²) in [6, 6.07) is 12.7. The number of aromatic nitrogens is 1. The molecule has 0 spiro atoms. The summed E-state index contributed by atoms with van der Waals surface area (Å²) in [6.45, 7) is 4.27. The van der Waals surface area contributed by atoms with Crippen LogP contribution < -0.4 is 0 Å². The predicted molar refractivity (Wildman–Crippen MR) is 68.0 cm³/mol. The van der Waals surface area contributed by atoms with E-state index < -0.39 is 0 Å². The topological polar surface area (TPSA) is 4.93 Å². The van der Waals surface area contributed by atoms with Gasteiger partial charge in [0.25, 0.3) is 0 Å². The second-order valence-corrected chi connectivity index (χ2v) is 4.57. The van der Waals surface area contributed by atoms with Gasteiger partial charge in [0.1, 0.15) is 0 Å². The average Bonchev–Trinajstić information content (AvgIpc) is 2.48. The van der Waals surface area contributed by atoms with Crippen molar-refractivity contribution in [1.29, 1.82) is 0 Å². The van der Waals surface area contributed by atoms with E-state index in [2.05, 4.69) is 77.4 Å². The molecule has 1 heterocycles. The van der Waals surface area contributed by atoms with Crippen LogP contribution in [0, 0.1) is 17.4 Å². The van der Waals surface area contributed by atoms with E-state index in [1.54, 1.807) is 0 Å². The zero-order valence-electron chi connectivity index (χ0n) is 8.29. The number of para-hydroxylation sites is 1. The Labute approximate surface area is 97.9 Å². The van der Waals surface area contributed by atoms with E-state index in [4.69, 9.17) is 0 Å². The van der Waals surface area contributed by atoms with Crippen molar-refractivity contribution in [3.63, 3.8) is 0 Å². The molecule has 0 atom stereocenters. The average molecular weight is 297 g/mol. The molecule has 0 bridgehead atoms. The van der Waals surface area contributed by atoms with Crippen molar-refractivity contribution in [2.75, 3.05) is 0 Å². The third kappa shape index (κ3) is 1.59. The summed E-state index contributed by atoms with van der Waals surface area (Å²) in [5.41, 5.74) is 3.84. The summed E-state index contributed by atoms with van der Waals surface area (Å²) in [5.74, 6) is 0. The SMILES string of the molecule is Cc1ccc(C)n1-c1ccccc1I. The van der Waals surface area contributed by atoms with E-state index in [-0.39, 0.29) is 0 Å². The molecule has 0 fully saturated rings. The fourth-order valence-electron chi connectivity index (χ4n) is 1.68. The minimum Gasteiger partial charge on any atom is -0.317 e. The zero-order valence-corrected chi connectivity index (χ0v) is 10.4. The Bertz CT molecular complexity index is 438. The normalized spacial score (nSPS) is 10.5. The van der Waals surface area contributed by atoms with E-state index in [0.717, 1.165) is 0 Å². The first-order valence-electron chi connectivity index (χ1n) is 4.60. The van der Waals surface area contributed by atoms with Gasteiger partial charge in [-0.15, -0.1) is 0 Å². The van der Waals surface area contributed by atoms with Crippen molar-refractivity contribution < 1.29 is 0 Å². The molecule has 0 saturated heterocycles. The van der Waals surface area contributed by atoms with E-state index in [9.17, 15) is 0 Å². The first kappa shape index (κ1) is 9.77. The van der Waals surface area contributed by atoms with Gasteiger partial charge in [-0.05, 0) is 60.7 Å². The number of halogens is 1. The van der Waals surface area contributed by atoms with Crippen LogP contribution >= 0.6 is 22.6 Å². The molecule has 72 valence electrons. The molecule has 0 radical (unpaired) electrons. The lowest BCUT2D eigenvalue weighted by Crippen LogP contribution is -2.00. The van der Waals surface area contributed by atoms with Gasteiger partial charge in [0, 0.05) is 15.0 Å². The molecular formula is C12H12IN. The molecule has 1 nitrogen and oxygen atoms in total. The highest BCUT2D eigenvalue weighted by Crippen LogP contribution is 2.21. The fraction of sp³-hybridized carbons (Fsp3) is 0.167. The largest absolute Gasteiger partial charge is 0.317 e. The van der Waals surface area contributed by atoms with E-state index >= 15 is 0 Å². The molecule has 0 aliphatic heterocycles. The van der Waals surface area contributed by atoms with Gasteiger partial charge in [-0.3, -0.25) is 0 Å². The number of benzene rings is 1. The first-order valence-corrected chi connectivity index (χ1v) is 5.68. The van der Waals surface area contributed by atoms with Crippen LogP contribution in [0.1, 0.15) is 11.4 Å². The monoisotopic (exact) mass is 297 g/mol. The number of hydrogen-bond donors (Lipinski definition) is 0. The summed E-state index contributed by atoms with van der Waals surface area (Å²) in [4.78, 5) is 0. The highest BCUT2D eigenvalue weighted by Gasteiger charge is 2.05. The van der Waals surface area contributed by atoms with Crippen LogP contribution in [0.4, 0.5) is 0 Å². The van der Waals surface area contributed by atoms with Crippen molar-refractivity contribution in [3.8, 4) is 5.69 Å². The quantitative estimate of drug-likeness (QED) is 0.707. The molecule has 14 heavy (non-hydrogen) atoms. The Morgan fingerprint density at radius 3 is 2.07 bits per heavy atom. The molecule has 0 saturated carbocycles. The van der Waals surface area contributed by atoms with Crippen LogP contribution in [-0.2, 0) is 0 Å². The van der Waals surface area contributed by atoms with Crippen molar-refractivity contribution >= 4 is 22.6 Å². The summed E-state index contributed by atoms with van der Waals surface area (Å²) in [7, 11) is 0. The van der Waals surface area contributed by atoms with Gasteiger partial charge >= 0.3 is 0 Å². The maximum atomic E-state index is 2.37. The molecule has 0 N–H and O–H groups in total. The van der Waals surface area contributed by atoms with Crippen molar-refractivity contribution in [1.82, 2.24) is 4.57 Å². The second-order valence-electron chi connectivity index (χ2n) is 3.40. The van der Waals surface area contributed by atoms with Gasteiger partial charge in [0.2, 0.25) is 0 Å². The summed E-state index contributed by atoms with van der Waals surface area (Å²) in [6.07, 6.45) is 0. The van der Waals surface area contributed by atoms with Crippen LogP contribution in [-0.4, -0.2) is 4.57 Å². The van der Waals surface area contributed by atoms with Crippen molar-refractivity contribution in [3.05, 3.63) is 51.4 Å². The Kier molecular flexibility index (Phi) is 2.63. The third-order valence-corrected chi connectivity index (χ3v) is 3.28. The molecule has 0 aliphatic carbocycles. The summed E-state index contributed by atoms with van der Waals surface area (Å²) in [5, 5.41) is 0. The smallest absolute Gasteiger partial charge is 0.0588 e. The van der Waals surface area contributed by atoms with E-state index in [1.807, 2.05) is 0 Å². The molecule has 2 heteroatoms. The summed E-state index contributed by atoms with van der Waals surface area (Å²) < 4.78 is 3.56. The van der Waals surface area contributed by atoms with Gasteiger partial charge in [-0.1, -0.05) is 12.1 Å². The number of rotatable bonds is 1. The predicted octanol–water partition coefficient (Wildman–Crippen LogP) is 3.70. The van der Waals surface area contributed by atoms with E-state index in [0.29, 0.717) is 0 Å². The van der Waals surface area contributed by atoms with Crippen molar-refractivity contribution in [2.45, 2.75) is 13.8 Å². The van der Waals surface area contributed by atoms with Gasteiger partial charge < -0.3 is 4.57 Å². The van der Waals surface area contributed by atoms with Crippen LogP contribution in [0.2, 0.25) is 0 Å². The molecule has 2 rings (SSSR count). The third-order valence-electron chi connectivity index (χ3n) is 2.36. The minimum absolute atomic E-state index is 1.27. The molecule has 1 aromatic heterocycles. The first-order chi connectivity index (χ1) is 6.70. The Balaban J connectivity index is 2.66. The number of aryl methyl sites for hydroxylation is 2. The molecule has 0 unspecified atom stereocenters. The number of hydrogen-bond acceptors (Lipinski definition) is 0. The van der Waals surface area contributed by atoms with Crippen molar-refractivity contribution in [2.24, 2.45) is 0 Å². The highest BCUT2D eigenvalue weighted by atomic mass is 127. The Morgan fingerprint density at radius 1 is 0.929 bits per heavy atom. The van der Waals surface area contributed by atoms with Gasteiger partial charge in [-0.2, -0.15) is 0 Å². The second kappa shape index (κ2) is 3.77. The molecule has 0 aliphatic rings. The molecule has 1 aromatic carbocycles. The lowest BCUT2D eigenvalue weighted by Gasteiger charge is -2.10. The molecule has 0 amide bonds. The Morgan fingerprint density at radius 2 is 1.50 bits per heavy atom. The molecular weight excluding hydrogens is 285 g/mol. The van der Waals surface area contributed by atoms with Gasteiger partial charge in [-0.25, -0.2) is 0 Å². The minimum atomic E-state index is 1.27. The summed E-state index contributed by atoms with van der Waals surface area (Å²) >= 11 is 2.37. The van der Waals surface area contributed by atoms with Crippen LogP contribution in [0.5, 0.6) is 0 Å².